The molecule has 0 aromatic carbocycles. The molecule has 4 aromatic heterocycles. The van der Waals surface area contributed by atoms with Gasteiger partial charge in [0.1, 0.15) is 11.3 Å². The first-order valence-corrected chi connectivity index (χ1v) is 9.60. The Labute approximate surface area is 165 Å². The average molecular weight is 394 g/mol. The van der Waals surface area contributed by atoms with E-state index >= 15 is 0 Å². The van der Waals surface area contributed by atoms with E-state index in [4.69, 9.17) is 4.52 Å². The fourth-order valence-corrected chi connectivity index (χ4v) is 3.81. The van der Waals surface area contributed by atoms with Gasteiger partial charge < -0.3 is 9.84 Å². The zero-order valence-corrected chi connectivity index (χ0v) is 16.2. The highest BCUT2D eigenvalue weighted by atomic mass is 32.1. The maximum Gasteiger partial charge on any atom is 0.256 e. The Morgan fingerprint density at radius 1 is 1.29 bits per heavy atom. The number of nitrogens with zero attached hydrogens (tertiary/aromatic N) is 5. The summed E-state index contributed by atoms with van der Waals surface area (Å²) >= 11 is 1.63. The predicted octanol–water partition coefficient (Wildman–Crippen LogP) is 3.10. The first-order chi connectivity index (χ1) is 13.6. The fraction of sp³-hybridized carbons (Fsp3) is 0.211. The van der Waals surface area contributed by atoms with Crippen LogP contribution in [0.1, 0.15) is 21.8 Å². The molecule has 28 heavy (non-hydrogen) atoms. The summed E-state index contributed by atoms with van der Waals surface area (Å²) in [6.07, 6.45) is 6.81. The lowest BCUT2D eigenvalue weighted by Crippen LogP contribution is -2.28. The van der Waals surface area contributed by atoms with Gasteiger partial charge in [0.15, 0.2) is 0 Å². The van der Waals surface area contributed by atoms with Gasteiger partial charge >= 0.3 is 0 Å². The third-order valence-corrected chi connectivity index (χ3v) is 5.18. The number of amides is 1. The molecule has 0 aliphatic carbocycles. The Morgan fingerprint density at radius 3 is 2.86 bits per heavy atom. The smallest absolute Gasteiger partial charge is 0.256 e. The molecular formula is C19H18N6O2S. The minimum absolute atomic E-state index is 0.199. The number of aromatic nitrogens is 5. The lowest BCUT2D eigenvalue weighted by molar-refractivity contribution is 0.0950. The van der Waals surface area contributed by atoms with Gasteiger partial charge in [-0.15, -0.1) is 11.3 Å². The van der Waals surface area contributed by atoms with E-state index in [9.17, 15) is 4.79 Å². The van der Waals surface area contributed by atoms with Crippen LogP contribution in [-0.2, 0) is 6.54 Å². The molecule has 0 saturated heterocycles. The zero-order valence-electron chi connectivity index (χ0n) is 15.4. The first kappa shape index (κ1) is 18.1. The SMILES string of the molecule is Cc1noc(C)c1C(=O)NCCn1ncc(-c2cnccn2)c1-c1cccs1. The van der Waals surface area contributed by atoms with Crippen LogP contribution in [-0.4, -0.2) is 37.4 Å². The molecule has 0 atom stereocenters. The van der Waals surface area contributed by atoms with E-state index < -0.39 is 0 Å². The molecule has 0 radical (unpaired) electrons. The Morgan fingerprint density at radius 2 is 2.18 bits per heavy atom. The molecule has 0 spiro atoms. The second-order valence-corrected chi connectivity index (χ2v) is 7.10. The van der Waals surface area contributed by atoms with Crippen LogP contribution >= 0.6 is 11.3 Å². The highest BCUT2D eigenvalue weighted by Crippen LogP contribution is 2.33. The van der Waals surface area contributed by atoms with Crippen molar-refractivity contribution in [1.29, 1.82) is 0 Å². The normalized spacial score (nSPS) is 10.9. The van der Waals surface area contributed by atoms with Gasteiger partial charge in [0.05, 0.1) is 40.9 Å². The second-order valence-electron chi connectivity index (χ2n) is 6.15. The number of hydrogen-bond acceptors (Lipinski definition) is 7. The van der Waals surface area contributed by atoms with Gasteiger partial charge in [-0.25, -0.2) is 0 Å². The monoisotopic (exact) mass is 394 g/mol. The van der Waals surface area contributed by atoms with Gasteiger partial charge in [0.2, 0.25) is 0 Å². The molecule has 0 fully saturated rings. The van der Waals surface area contributed by atoms with E-state index in [1.807, 2.05) is 22.2 Å². The standard InChI is InChI=1S/C19H18N6O2S/c1-12-17(13(2)27-24-12)19(26)22-7-8-25-18(16-4-3-9-28-16)14(10-23-25)15-11-20-5-6-21-15/h3-6,9-11H,7-8H2,1-2H3,(H,22,26). The molecule has 0 bridgehead atoms. The maximum atomic E-state index is 12.4. The van der Waals surface area contributed by atoms with Crippen LogP contribution in [0.3, 0.4) is 0 Å². The van der Waals surface area contributed by atoms with Crippen LogP contribution in [0.25, 0.3) is 21.8 Å². The molecule has 9 heteroatoms. The molecule has 142 valence electrons. The summed E-state index contributed by atoms with van der Waals surface area (Å²) in [6.45, 7) is 4.41. The summed E-state index contributed by atoms with van der Waals surface area (Å²) in [5, 5.41) is 13.3. The number of carbonyl (C=O) groups is 1. The maximum absolute atomic E-state index is 12.4. The number of hydrogen-bond donors (Lipinski definition) is 1. The van der Waals surface area contributed by atoms with Gasteiger partial charge in [-0.3, -0.25) is 19.4 Å². The molecule has 1 amide bonds. The zero-order chi connectivity index (χ0) is 19.5. The molecule has 0 unspecified atom stereocenters. The molecule has 4 rings (SSSR count). The average Bonchev–Trinajstić information content (AvgIpc) is 3.43. The van der Waals surface area contributed by atoms with Crippen molar-refractivity contribution in [1.82, 2.24) is 30.2 Å². The van der Waals surface area contributed by atoms with E-state index in [-0.39, 0.29) is 5.91 Å². The predicted molar refractivity (Wildman–Crippen MR) is 105 cm³/mol. The summed E-state index contributed by atoms with van der Waals surface area (Å²) in [4.78, 5) is 22.1. The Hall–Kier alpha value is -3.33. The van der Waals surface area contributed by atoms with Gasteiger partial charge in [0, 0.05) is 24.5 Å². The highest BCUT2D eigenvalue weighted by Gasteiger charge is 2.19. The van der Waals surface area contributed by atoms with Crippen molar-refractivity contribution in [3.8, 4) is 21.8 Å². The number of carbonyl (C=O) groups excluding carboxylic acids is 1. The van der Waals surface area contributed by atoms with Crippen molar-refractivity contribution in [3.05, 3.63) is 59.3 Å². The van der Waals surface area contributed by atoms with Gasteiger partial charge in [0.25, 0.3) is 5.91 Å². The minimum atomic E-state index is -0.199. The van der Waals surface area contributed by atoms with Crippen LogP contribution < -0.4 is 5.32 Å². The van der Waals surface area contributed by atoms with Crippen molar-refractivity contribution < 1.29 is 9.32 Å². The van der Waals surface area contributed by atoms with Crippen molar-refractivity contribution in [3.63, 3.8) is 0 Å². The summed E-state index contributed by atoms with van der Waals surface area (Å²) in [6, 6.07) is 4.04. The molecule has 8 nitrogen and oxygen atoms in total. The van der Waals surface area contributed by atoms with Gasteiger partial charge in [-0.05, 0) is 25.3 Å². The summed E-state index contributed by atoms with van der Waals surface area (Å²) in [5.74, 6) is 0.313. The van der Waals surface area contributed by atoms with E-state index in [1.54, 1.807) is 50.0 Å². The van der Waals surface area contributed by atoms with Crippen LogP contribution in [0.5, 0.6) is 0 Å². The van der Waals surface area contributed by atoms with E-state index in [0.717, 1.165) is 21.8 Å². The Kier molecular flexibility index (Phi) is 4.98. The molecule has 4 aromatic rings. The number of thiophene rings is 1. The largest absolute Gasteiger partial charge is 0.361 e. The minimum Gasteiger partial charge on any atom is -0.361 e. The van der Waals surface area contributed by atoms with Crippen LogP contribution in [0.2, 0.25) is 0 Å². The first-order valence-electron chi connectivity index (χ1n) is 8.72. The number of nitrogens with one attached hydrogen (secondary N) is 1. The molecule has 0 aliphatic heterocycles. The van der Waals surface area contributed by atoms with Crippen molar-refractivity contribution >= 4 is 17.2 Å². The van der Waals surface area contributed by atoms with E-state index in [2.05, 4.69) is 25.5 Å². The van der Waals surface area contributed by atoms with Crippen LogP contribution in [0.4, 0.5) is 0 Å². The topological polar surface area (TPSA) is 98.7 Å². The summed E-state index contributed by atoms with van der Waals surface area (Å²) in [5.41, 5.74) is 3.70. The summed E-state index contributed by atoms with van der Waals surface area (Å²) < 4.78 is 6.94. The van der Waals surface area contributed by atoms with Crippen LogP contribution in [0.15, 0.2) is 46.8 Å². The quantitative estimate of drug-likeness (QED) is 0.539. The number of aryl methyl sites for hydroxylation is 2. The van der Waals surface area contributed by atoms with E-state index in [0.29, 0.717) is 30.1 Å². The van der Waals surface area contributed by atoms with Gasteiger partial charge in [-0.2, -0.15) is 5.10 Å². The van der Waals surface area contributed by atoms with Gasteiger partial charge in [-0.1, -0.05) is 11.2 Å². The lowest BCUT2D eigenvalue weighted by atomic mass is 10.1. The number of rotatable bonds is 6. The fourth-order valence-electron chi connectivity index (χ4n) is 3.02. The molecule has 4 heterocycles. The Balaban J connectivity index is 1.55. The van der Waals surface area contributed by atoms with Crippen molar-refractivity contribution in [2.75, 3.05) is 6.54 Å². The third kappa shape index (κ3) is 3.44. The van der Waals surface area contributed by atoms with E-state index in [1.165, 1.54) is 0 Å². The molecule has 1 N–H and O–H groups in total. The highest BCUT2D eigenvalue weighted by molar-refractivity contribution is 7.13. The molecule has 0 aliphatic rings. The molecular weight excluding hydrogens is 376 g/mol. The van der Waals surface area contributed by atoms with Crippen LogP contribution in [0, 0.1) is 13.8 Å². The second kappa shape index (κ2) is 7.73. The van der Waals surface area contributed by atoms with Crippen molar-refractivity contribution in [2.45, 2.75) is 20.4 Å². The summed E-state index contributed by atoms with van der Waals surface area (Å²) in [7, 11) is 0. The Bertz CT molecular complexity index is 1070. The molecule has 0 saturated carbocycles. The van der Waals surface area contributed by atoms with Crippen molar-refractivity contribution in [2.24, 2.45) is 0 Å². The lowest BCUT2D eigenvalue weighted by Gasteiger charge is -2.09. The third-order valence-electron chi connectivity index (χ3n) is 4.30.